The quantitative estimate of drug-likeness (QED) is 0.805. The van der Waals surface area contributed by atoms with Gasteiger partial charge in [-0.3, -0.25) is 0 Å². The standard InChI is InChI=1S/C10H12F2N2O2S/c1-5-2-9(5)14-17(15,16)10-7(11)3-6(13)4-8(10)12/h3-5,9,14H,2,13H2,1H3. The highest BCUT2D eigenvalue weighted by atomic mass is 32.2. The van der Waals surface area contributed by atoms with Gasteiger partial charge in [0.15, 0.2) is 4.90 Å². The molecule has 2 unspecified atom stereocenters. The van der Waals surface area contributed by atoms with E-state index in [1.165, 1.54) is 0 Å². The minimum atomic E-state index is -4.16. The Morgan fingerprint density at radius 1 is 1.35 bits per heavy atom. The summed E-state index contributed by atoms with van der Waals surface area (Å²) in [5.41, 5.74) is 5.06. The Labute approximate surface area is 97.9 Å². The van der Waals surface area contributed by atoms with Crippen LogP contribution in [0.4, 0.5) is 14.5 Å². The molecular weight excluding hydrogens is 250 g/mol. The third-order valence-electron chi connectivity index (χ3n) is 2.71. The van der Waals surface area contributed by atoms with Crippen molar-refractivity contribution >= 4 is 15.7 Å². The molecule has 0 spiro atoms. The summed E-state index contributed by atoms with van der Waals surface area (Å²) >= 11 is 0. The van der Waals surface area contributed by atoms with Gasteiger partial charge < -0.3 is 5.73 Å². The first-order chi connectivity index (χ1) is 7.81. The van der Waals surface area contributed by atoms with E-state index in [9.17, 15) is 17.2 Å². The molecule has 2 rings (SSSR count). The van der Waals surface area contributed by atoms with Crippen molar-refractivity contribution in [3.05, 3.63) is 23.8 Å². The fourth-order valence-corrected chi connectivity index (χ4v) is 3.06. The van der Waals surface area contributed by atoms with Crippen LogP contribution in [-0.4, -0.2) is 14.5 Å². The average Bonchev–Trinajstić information content (AvgIpc) is 2.76. The van der Waals surface area contributed by atoms with E-state index >= 15 is 0 Å². The molecule has 0 aliphatic heterocycles. The van der Waals surface area contributed by atoms with Crippen molar-refractivity contribution in [1.29, 1.82) is 0 Å². The molecule has 94 valence electrons. The number of sulfonamides is 1. The maximum Gasteiger partial charge on any atom is 0.246 e. The molecule has 2 atom stereocenters. The van der Waals surface area contributed by atoms with Gasteiger partial charge in [0.05, 0.1) is 0 Å². The molecular formula is C10H12F2N2O2S. The van der Waals surface area contributed by atoms with Crippen molar-refractivity contribution in [2.24, 2.45) is 5.92 Å². The van der Waals surface area contributed by atoms with Gasteiger partial charge in [-0.25, -0.2) is 21.9 Å². The summed E-state index contributed by atoms with van der Waals surface area (Å²) in [5.74, 6) is -2.16. The van der Waals surface area contributed by atoms with E-state index in [-0.39, 0.29) is 17.6 Å². The van der Waals surface area contributed by atoms with E-state index in [0.29, 0.717) is 6.42 Å². The fraction of sp³-hybridized carbons (Fsp3) is 0.400. The smallest absolute Gasteiger partial charge is 0.246 e. The highest BCUT2D eigenvalue weighted by Crippen LogP contribution is 2.31. The zero-order valence-electron chi connectivity index (χ0n) is 9.07. The zero-order valence-corrected chi connectivity index (χ0v) is 9.89. The topological polar surface area (TPSA) is 72.2 Å². The van der Waals surface area contributed by atoms with Gasteiger partial charge in [-0.2, -0.15) is 0 Å². The van der Waals surface area contributed by atoms with Crippen LogP contribution >= 0.6 is 0 Å². The molecule has 1 aromatic rings. The number of rotatable bonds is 3. The molecule has 0 radical (unpaired) electrons. The lowest BCUT2D eigenvalue weighted by atomic mass is 10.3. The third kappa shape index (κ3) is 2.39. The average molecular weight is 262 g/mol. The Morgan fingerprint density at radius 2 is 1.82 bits per heavy atom. The molecule has 4 nitrogen and oxygen atoms in total. The summed E-state index contributed by atoms with van der Waals surface area (Å²) in [7, 11) is -4.16. The molecule has 0 aromatic heterocycles. The summed E-state index contributed by atoms with van der Waals surface area (Å²) in [4.78, 5) is -0.967. The fourth-order valence-electron chi connectivity index (χ4n) is 1.58. The molecule has 1 saturated carbocycles. The summed E-state index contributed by atoms with van der Waals surface area (Å²) in [6.07, 6.45) is 0.678. The van der Waals surface area contributed by atoms with Gasteiger partial charge in [-0.05, 0) is 24.5 Å². The predicted molar refractivity (Wildman–Crippen MR) is 58.7 cm³/mol. The molecule has 17 heavy (non-hydrogen) atoms. The number of halogens is 2. The number of nitrogens with two attached hydrogens (primary N) is 1. The van der Waals surface area contributed by atoms with Crippen molar-refractivity contribution in [3.63, 3.8) is 0 Å². The van der Waals surface area contributed by atoms with Crippen molar-refractivity contribution in [1.82, 2.24) is 4.72 Å². The van der Waals surface area contributed by atoms with Crippen LogP contribution in [0.5, 0.6) is 0 Å². The van der Waals surface area contributed by atoms with Crippen molar-refractivity contribution in [2.75, 3.05) is 5.73 Å². The van der Waals surface area contributed by atoms with Crippen LogP contribution < -0.4 is 10.5 Å². The Morgan fingerprint density at radius 3 is 2.24 bits per heavy atom. The van der Waals surface area contributed by atoms with Crippen LogP contribution in [0.1, 0.15) is 13.3 Å². The molecule has 1 aliphatic carbocycles. The summed E-state index contributed by atoms with van der Waals surface area (Å²) in [5, 5.41) is 0. The molecule has 1 aliphatic rings. The first-order valence-electron chi connectivity index (χ1n) is 5.08. The van der Waals surface area contributed by atoms with Crippen LogP contribution in [-0.2, 0) is 10.0 Å². The summed E-state index contributed by atoms with van der Waals surface area (Å²) in [6.45, 7) is 1.85. The van der Waals surface area contributed by atoms with Crippen LogP contribution in [0.3, 0.4) is 0 Å². The molecule has 0 heterocycles. The van der Waals surface area contributed by atoms with Crippen molar-refractivity contribution in [3.8, 4) is 0 Å². The number of hydrogen-bond donors (Lipinski definition) is 2. The van der Waals surface area contributed by atoms with Crippen molar-refractivity contribution in [2.45, 2.75) is 24.3 Å². The highest BCUT2D eigenvalue weighted by molar-refractivity contribution is 7.89. The first-order valence-corrected chi connectivity index (χ1v) is 6.56. The van der Waals surface area contributed by atoms with Gasteiger partial charge in [0.1, 0.15) is 11.6 Å². The van der Waals surface area contributed by atoms with Gasteiger partial charge >= 0.3 is 0 Å². The molecule has 7 heteroatoms. The maximum absolute atomic E-state index is 13.4. The largest absolute Gasteiger partial charge is 0.399 e. The van der Waals surface area contributed by atoms with E-state index in [4.69, 9.17) is 5.73 Å². The Hall–Kier alpha value is -1.21. The number of hydrogen-bond acceptors (Lipinski definition) is 3. The number of nitrogen functional groups attached to an aromatic ring is 1. The highest BCUT2D eigenvalue weighted by Gasteiger charge is 2.38. The van der Waals surface area contributed by atoms with E-state index in [0.717, 1.165) is 12.1 Å². The third-order valence-corrected chi connectivity index (χ3v) is 4.25. The monoisotopic (exact) mass is 262 g/mol. The number of nitrogens with one attached hydrogen (secondary N) is 1. The summed E-state index contributed by atoms with van der Waals surface area (Å²) in [6, 6.07) is 1.33. The molecule has 3 N–H and O–H groups in total. The lowest BCUT2D eigenvalue weighted by molar-refractivity contribution is 0.514. The van der Waals surface area contributed by atoms with E-state index < -0.39 is 26.6 Å². The van der Waals surface area contributed by atoms with Crippen LogP contribution in [0, 0.1) is 17.6 Å². The van der Waals surface area contributed by atoms with Crippen LogP contribution in [0.15, 0.2) is 17.0 Å². The maximum atomic E-state index is 13.4. The minimum Gasteiger partial charge on any atom is -0.399 e. The second-order valence-electron chi connectivity index (χ2n) is 4.25. The van der Waals surface area contributed by atoms with Gasteiger partial charge in [-0.1, -0.05) is 6.92 Å². The summed E-state index contributed by atoms with van der Waals surface area (Å²) < 4.78 is 52.6. The second kappa shape index (κ2) is 3.92. The normalized spacial score (nSPS) is 23.7. The lowest BCUT2D eigenvalue weighted by Gasteiger charge is -2.08. The second-order valence-corrected chi connectivity index (χ2v) is 5.91. The number of benzene rings is 1. The molecule has 0 saturated heterocycles. The number of anilines is 1. The predicted octanol–water partition coefficient (Wildman–Crippen LogP) is 1.23. The van der Waals surface area contributed by atoms with Crippen molar-refractivity contribution < 1.29 is 17.2 Å². The molecule has 0 amide bonds. The first kappa shape index (κ1) is 12.3. The van der Waals surface area contributed by atoms with E-state index in [1.807, 2.05) is 6.92 Å². The van der Waals surface area contributed by atoms with Gasteiger partial charge in [0.2, 0.25) is 10.0 Å². The van der Waals surface area contributed by atoms with E-state index in [2.05, 4.69) is 4.72 Å². The zero-order chi connectivity index (χ0) is 12.8. The Kier molecular flexibility index (Phi) is 2.82. The van der Waals surface area contributed by atoms with Crippen LogP contribution in [0.2, 0.25) is 0 Å². The lowest BCUT2D eigenvalue weighted by Crippen LogP contribution is -2.28. The molecule has 1 aromatic carbocycles. The van der Waals surface area contributed by atoms with Crippen LogP contribution in [0.25, 0.3) is 0 Å². The minimum absolute atomic E-state index is 0.154. The Balaban J connectivity index is 2.39. The van der Waals surface area contributed by atoms with Gasteiger partial charge in [0, 0.05) is 11.7 Å². The van der Waals surface area contributed by atoms with Gasteiger partial charge in [-0.15, -0.1) is 0 Å². The van der Waals surface area contributed by atoms with Gasteiger partial charge in [0.25, 0.3) is 0 Å². The Bertz CT molecular complexity index is 536. The molecule has 1 fully saturated rings. The molecule has 0 bridgehead atoms. The SMILES string of the molecule is CC1CC1NS(=O)(=O)c1c(F)cc(N)cc1F. The van der Waals surface area contributed by atoms with E-state index in [1.54, 1.807) is 0 Å².